The molecule has 0 spiro atoms. The number of aryl methyl sites for hydroxylation is 2. The Bertz CT molecular complexity index is 668. The van der Waals surface area contributed by atoms with Crippen molar-refractivity contribution in [1.82, 2.24) is 20.4 Å². The molecule has 1 aliphatic rings. The minimum atomic E-state index is 0.536. The topological polar surface area (TPSA) is 67.4 Å². The zero-order valence-corrected chi connectivity index (χ0v) is 15.3. The molecule has 1 saturated carbocycles. The highest BCUT2D eigenvalue weighted by Crippen LogP contribution is 2.17. The number of aliphatic imine (C=N–C) groups is 1. The van der Waals surface area contributed by atoms with Crippen LogP contribution in [-0.2, 0) is 26.4 Å². The van der Waals surface area contributed by atoms with E-state index < -0.39 is 0 Å². The Hall–Kier alpha value is -2.24. The predicted molar refractivity (Wildman–Crippen MR) is 99.5 cm³/mol. The zero-order valence-electron chi connectivity index (χ0n) is 15.3. The molecule has 2 aromatic rings. The number of nitrogens with zero attached hydrogens (tertiary/aromatic N) is 3. The van der Waals surface area contributed by atoms with Crippen molar-refractivity contribution in [2.45, 2.75) is 58.0 Å². The summed E-state index contributed by atoms with van der Waals surface area (Å²) in [6.07, 6.45) is 10.6. The summed E-state index contributed by atoms with van der Waals surface area (Å²) in [6, 6.07) is 4.47. The first-order valence-corrected chi connectivity index (χ1v) is 9.33. The van der Waals surface area contributed by atoms with E-state index in [9.17, 15) is 0 Å². The minimum Gasteiger partial charge on any atom is -0.469 e. The van der Waals surface area contributed by atoms with Gasteiger partial charge >= 0.3 is 0 Å². The van der Waals surface area contributed by atoms with Crippen molar-refractivity contribution in [2.24, 2.45) is 12.0 Å². The van der Waals surface area contributed by atoms with Gasteiger partial charge < -0.3 is 15.1 Å². The van der Waals surface area contributed by atoms with Gasteiger partial charge in [0.15, 0.2) is 5.96 Å². The Labute approximate surface area is 149 Å². The van der Waals surface area contributed by atoms with Crippen LogP contribution in [0.25, 0.3) is 0 Å². The maximum Gasteiger partial charge on any atom is 0.191 e. The van der Waals surface area contributed by atoms with Gasteiger partial charge in [-0.15, -0.1) is 0 Å². The summed E-state index contributed by atoms with van der Waals surface area (Å²) in [4.78, 5) is 4.81. The fourth-order valence-corrected chi connectivity index (χ4v) is 3.35. The molecule has 136 valence electrons. The molecule has 25 heavy (non-hydrogen) atoms. The summed E-state index contributed by atoms with van der Waals surface area (Å²) in [5, 5.41) is 11.5. The van der Waals surface area contributed by atoms with E-state index >= 15 is 0 Å². The van der Waals surface area contributed by atoms with E-state index in [0.717, 1.165) is 36.8 Å². The second-order valence-electron chi connectivity index (χ2n) is 6.67. The van der Waals surface area contributed by atoms with Crippen LogP contribution >= 0.6 is 0 Å². The van der Waals surface area contributed by atoms with E-state index in [-0.39, 0.29) is 0 Å². The fourth-order valence-electron chi connectivity index (χ4n) is 3.35. The van der Waals surface area contributed by atoms with Gasteiger partial charge in [-0.2, -0.15) is 5.10 Å². The summed E-state index contributed by atoms with van der Waals surface area (Å²) in [7, 11) is 1.96. The zero-order chi connectivity index (χ0) is 17.5. The lowest BCUT2D eigenvalue weighted by Crippen LogP contribution is -2.43. The van der Waals surface area contributed by atoms with Gasteiger partial charge in [-0.3, -0.25) is 4.68 Å². The smallest absolute Gasteiger partial charge is 0.191 e. The number of rotatable bonds is 7. The highest BCUT2D eigenvalue weighted by molar-refractivity contribution is 5.80. The molecule has 2 heterocycles. The van der Waals surface area contributed by atoms with Gasteiger partial charge in [0.2, 0.25) is 0 Å². The Morgan fingerprint density at radius 3 is 2.96 bits per heavy atom. The maximum absolute atomic E-state index is 5.40. The molecule has 0 aromatic carbocycles. The summed E-state index contributed by atoms with van der Waals surface area (Å²) in [6.45, 7) is 3.59. The van der Waals surface area contributed by atoms with Crippen LogP contribution in [0.4, 0.5) is 0 Å². The Morgan fingerprint density at radius 1 is 1.40 bits per heavy atom. The third kappa shape index (κ3) is 5.11. The molecule has 1 aliphatic carbocycles. The Kier molecular flexibility index (Phi) is 6.14. The monoisotopic (exact) mass is 343 g/mol. The quantitative estimate of drug-likeness (QED) is 0.599. The van der Waals surface area contributed by atoms with Gasteiger partial charge in [0, 0.05) is 37.8 Å². The van der Waals surface area contributed by atoms with Crippen LogP contribution in [0.1, 0.15) is 49.6 Å². The molecule has 0 unspecified atom stereocenters. The van der Waals surface area contributed by atoms with E-state index in [4.69, 9.17) is 9.41 Å². The normalized spacial score (nSPS) is 15.7. The molecule has 0 aliphatic heterocycles. The van der Waals surface area contributed by atoms with Gasteiger partial charge in [0.1, 0.15) is 5.76 Å². The molecule has 0 radical (unpaired) electrons. The lowest BCUT2D eigenvalue weighted by molar-refractivity contribution is 0.506. The molecule has 2 N–H and O–H groups in total. The highest BCUT2D eigenvalue weighted by Gasteiger charge is 2.16. The molecule has 0 amide bonds. The summed E-state index contributed by atoms with van der Waals surface area (Å²) in [5.74, 6) is 1.89. The first kappa shape index (κ1) is 17.6. The van der Waals surface area contributed by atoms with E-state index in [0.29, 0.717) is 12.6 Å². The van der Waals surface area contributed by atoms with Gasteiger partial charge in [-0.25, -0.2) is 4.99 Å². The van der Waals surface area contributed by atoms with Crippen LogP contribution in [0.15, 0.2) is 34.0 Å². The molecule has 1 fully saturated rings. The van der Waals surface area contributed by atoms with Crippen LogP contribution < -0.4 is 10.6 Å². The first-order valence-electron chi connectivity index (χ1n) is 9.33. The molecule has 6 heteroatoms. The molecular formula is C19H29N5O. The van der Waals surface area contributed by atoms with E-state index in [1.807, 2.05) is 23.9 Å². The lowest BCUT2D eigenvalue weighted by atomic mass is 10.2. The van der Waals surface area contributed by atoms with E-state index in [1.54, 1.807) is 6.26 Å². The second kappa shape index (κ2) is 8.74. The first-order chi connectivity index (χ1) is 12.2. The lowest BCUT2D eigenvalue weighted by Gasteiger charge is -2.17. The third-order valence-corrected chi connectivity index (χ3v) is 4.67. The third-order valence-electron chi connectivity index (χ3n) is 4.67. The standard InChI is InChI=1S/C19H29N5O/c1-3-18-15(14-24(2)23-18)13-21-19(22-16-7-4-5-8-16)20-11-10-17-9-6-12-25-17/h6,9,12,14,16H,3-5,7-8,10-11,13H2,1-2H3,(H2,20,21,22). The predicted octanol–water partition coefficient (Wildman–Crippen LogP) is 2.80. The second-order valence-corrected chi connectivity index (χ2v) is 6.67. The Balaban J connectivity index is 1.61. The number of hydrogen-bond donors (Lipinski definition) is 2. The van der Waals surface area contributed by atoms with Crippen molar-refractivity contribution >= 4 is 5.96 Å². The molecule has 3 rings (SSSR count). The number of aromatic nitrogens is 2. The summed E-state index contributed by atoms with van der Waals surface area (Å²) >= 11 is 0. The molecule has 2 aromatic heterocycles. The average molecular weight is 343 g/mol. The number of hydrogen-bond acceptors (Lipinski definition) is 3. The molecule has 0 atom stereocenters. The largest absolute Gasteiger partial charge is 0.469 e. The average Bonchev–Trinajstić information content (AvgIpc) is 3.34. The number of furan rings is 1. The van der Waals surface area contributed by atoms with Crippen molar-refractivity contribution < 1.29 is 4.42 Å². The van der Waals surface area contributed by atoms with Gasteiger partial charge in [-0.05, 0) is 31.4 Å². The highest BCUT2D eigenvalue weighted by atomic mass is 16.3. The maximum atomic E-state index is 5.40. The van der Waals surface area contributed by atoms with Crippen molar-refractivity contribution in [3.8, 4) is 0 Å². The van der Waals surface area contributed by atoms with Crippen LogP contribution in [0.5, 0.6) is 0 Å². The summed E-state index contributed by atoms with van der Waals surface area (Å²) in [5.41, 5.74) is 2.32. The van der Waals surface area contributed by atoms with E-state index in [1.165, 1.54) is 31.2 Å². The van der Waals surface area contributed by atoms with Crippen molar-refractivity contribution in [2.75, 3.05) is 6.54 Å². The SMILES string of the molecule is CCc1nn(C)cc1CN=C(NCCc1ccco1)NC1CCCC1. The molecule has 0 saturated heterocycles. The van der Waals surface area contributed by atoms with Crippen molar-refractivity contribution in [3.05, 3.63) is 41.6 Å². The molecular weight excluding hydrogens is 314 g/mol. The van der Waals surface area contributed by atoms with Crippen LogP contribution in [0.2, 0.25) is 0 Å². The van der Waals surface area contributed by atoms with Crippen LogP contribution in [0.3, 0.4) is 0 Å². The fraction of sp³-hybridized carbons (Fsp3) is 0.579. The van der Waals surface area contributed by atoms with Crippen molar-refractivity contribution in [3.63, 3.8) is 0 Å². The van der Waals surface area contributed by atoms with Crippen LogP contribution in [-0.4, -0.2) is 28.3 Å². The van der Waals surface area contributed by atoms with Gasteiger partial charge in [0.05, 0.1) is 18.5 Å². The van der Waals surface area contributed by atoms with Gasteiger partial charge in [-0.1, -0.05) is 19.8 Å². The summed E-state index contributed by atoms with van der Waals surface area (Å²) < 4.78 is 7.27. The number of nitrogens with one attached hydrogen (secondary N) is 2. The van der Waals surface area contributed by atoms with E-state index in [2.05, 4.69) is 28.9 Å². The number of guanidine groups is 1. The van der Waals surface area contributed by atoms with Gasteiger partial charge in [0.25, 0.3) is 0 Å². The Morgan fingerprint density at radius 2 is 2.24 bits per heavy atom. The molecule has 0 bridgehead atoms. The van der Waals surface area contributed by atoms with Crippen LogP contribution in [0, 0.1) is 0 Å². The minimum absolute atomic E-state index is 0.536. The van der Waals surface area contributed by atoms with Crippen molar-refractivity contribution in [1.29, 1.82) is 0 Å². The molecule has 6 nitrogen and oxygen atoms in total.